The molecule has 0 unspecified atom stereocenters. The molecule has 0 fully saturated rings. The third-order valence-electron chi connectivity index (χ3n) is 3.32. The summed E-state index contributed by atoms with van der Waals surface area (Å²) in [6.45, 7) is 5.72. The van der Waals surface area contributed by atoms with Gasteiger partial charge < -0.3 is 11.1 Å². The molecule has 1 atom stereocenters. The normalized spacial score (nSPS) is 13.0. The van der Waals surface area contributed by atoms with Crippen molar-refractivity contribution in [2.75, 3.05) is 5.32 Å². The number of benzene rings is 1. The molecule has 0 aliphatic rings. The van der Waals surface area contributed by atoms with Crippen LogP contribution in [0.15, 0.2) is 30.5 Å². The lowest BCUT2D eigenvalue weighted by Crippen LogP contribution is -2.45. The van der Waals surface area contributed by atoms with E-state index >= 15 is 0 Å². The molecule has 0 spiro atoms. The minimum Gasteiger partial charge on any atom is -0.319 e. The first kappa shape index (κ1) is 16.6. The van der Waals surface area contributed by atoms with E-state index in [1.165, 1.54) is 17.4 Å². The van der Waals surface area contributed by atoms with Gasteiger partial charge in [-0.1, -0.05) is 39.0 Å². The van der Waals surface area contributed by atoms with Crippen LogP contribution in [-0.4, -0.2) is 16.9 Å². The molecule has 118 valence electrons. The van der Waals surface area contributed by atoms with Crippen molar-refractivity contribution in [3.05, 3.63) is 46.7 Å². The third kappa shape index (κ3) is 4.11. The standard InChI is InChI=1S/C16H20FN3OS/c1-16(2,3)13(18)14(21)20-15-19-9-11(22-15)8-10-6-4-5-7-12(10)17/h4-7,9,13H,8,18H2,1-3H3,(H,19,20,21)/t13-/m1/s1. The summed E-state index contributed by atoms with van der Waals surface area (Å²) in [5.41, 5.74) is 6.19. The van der Waals surface area contributed by atoms with E-state index in [2.05, 4.69) is 10.3 Å². The molecule has 0 saturated carbocycles. The van der Waals surface area contributed by atoms with Gasteiger partial charge in [0.1, 0.15) is 5.82 Å². The van der Waals surface area contributed by atoms with Crippen molar-refractivity contribution in [1.82, 2.24) is 4.98 Å². The summed E-state index contributed by atoms with van der Waals surface area (Å²) < 4.78 is 13.6. The van der Waals surface area contributed by atoms with E-state index in [1.807, 2.05) is 20.8 Å². The minimum atomic E-state index is -0.619. The van der Waals surface area contributed by atoms with E-state index in [-0.39, 0.29) is 17.1 Å². The zero-order chi connectivity index (χ0) is 16.3. The van der Waals surface area contributed by atoms with Gasteiger partial charge in [0.15, 0.2) is 5.13 Å². The van der Waals surface area contributed by atoms with Crippen molar-refractivity contribution >= 4 is 22.4 Å². The quantitative estimate of drug-likeness (QED) is 0.909. The second-order valence-corrected chi connectivity index (χ2v) is 7.35. The number of nitrogens with one attached hydrogen (secondary N) is 1. The summed E-state index contributed by atoms with van der Waals surface area (Å²) in [5, 5.41) is 3.20. The van der Waals surface area contributed by atoms with E-state index in [9.17, 15) is 9.18 Å². The number of thiazole rings is 1. The Hall–Kier alpha value is -1.79. The van der Waals surface area contributed by atoms with Gasteiger partial charge in [-0.15, -0.1) is 11.3 Å². The first-order valence-electron chi connectivity index (χ1n) is 7.02. The van der Waals surface area contributed by atoms with Crippen LogP contribution in [0.25, 0.3) is 0 Å². The number of aromatic nitrogens is 1. The van der Waals surface area contributed by atoms with Crippen LogP contribution in [0.5, 0.6) is 0 Å². The van der Waals surface area contributed by atoms with Gasteiger partial charge in [-0.25, -0.2) is 9.37 Å². The molecule has 0 aliphatic carbocycles. The van der Waals surface area contributed by atoms with Gasteiger partial charge in [-0.3, -0.25) is 4.79 Å². The zero-order valence-electron chi connectivity index (χ0n) is 12.9. The Morgan fingerprint density at radius 3 is 2.73 bits per heavy atom. The lowest BCUT2D eigenvalue weighted by molar-refractivity contribution is -0.119. The number of carbonyl (C=O) groups is 1. The molecule has 22 heavy (non-hydrogen) atoms. The third-order valence-corrected chi connectivity index (χ3v) is 4.23. The average Bonchev–Trinajstić information content (AvgIpc) is 2.86. The van der Waals surface area contributed by atoms with Crippen LogP contribution in [0, 0.1) is 11.2 Å². The summed E-state index contributed by atoms with van der Waals surface area (Å²) in [5.74, 6) is -0.504. The topological polar surface area (TPSA) is 68.0 Å². The fourth-order valence-electron chi connectivity index (χ4n) is 1.85. The molecule has 2 aromatic rings. The smallest absolute Gasteiger partial charge is 0.243 e. The summed E-state index contributed by atoms with van der Waals surface area (Å²) in [6.07, 6.45) is 2.10. The molecule has 1 heterocycles. The maximum atomic E-state index is 13.6. The van der Waals surface area contributed by atoms with Gasteiger partial charge in [0, 0.05) is 17.5 Å². The number of rotatable bonds is 4. The summed E-state index contributed by atoms with van der Waals surface area (Å²) in [7, 11) is 0. The van der Waals surface area contributed by atoms with Crippen LogP contribution in [0.3, 0.4) is 0 Å². The fourth-order valence-corrected chi connectivity index (χ4v) is 2.69. The minimum absolute atomic E-state index is 0.240. The van der Waals surface area contributed by atoms with Gasteiger partial charge in [0.05, 0.1) is 6.04 Å². The van der Waals surface area contributed by atoms with Crippen LogP contribution in [0.1, 0.15) is 31.2 Å². The lowest BCUT2D eigenvalue weighted by Gasteiger charge is -2.25. The molecule has 1 aromatic heterocycles. The molecule has 1 amide bonds. The SMILES string of the molecule is CC(C)(C)[C@H](N)C(=O)Nc1ncc(Cc2ccccc2F)s1. The highest BCUT2D eigenvalue weighted by atomic mass is 32.1. The molecule has 3 N–H and O–H groups in total. The number of amides is 1. The highest BCUT2D eigenvalue weighted by Crippen LogP contribution is 2.24. The van der Waals surface area contributed by atoms with Crippen molar-refractivity contribution in [2.24, 2.45) is 11.1 Å². The van der Waals surface area contributed by atoms with Crippen molar-refractivity contribution < 1.29 is 9.18 Å². The van der Waals surface area contributed by atoms with Crippen LogP contribution < -0.4 is 11.1 Å². The van der Waals surface area contributed by atoms with E-state index in [0.717, 1.165) is 4.88 Å². The maximum absolute atomic E-state index is 13.6. The zero-order valence-corrected chi connectivity index (χ0v) is 13.7. The van der Waals surface area contributed by atoms with E-state index in [4.69, 9.17) is 5.73 Å². The van der Waals surface area contributed by atoms with Gasteiger partial charge >= 0.3 is 0 Å². The van der Waals surface area contributed by atoms with Crippen LogP contribution in [0.4, 0.5) is 9.52 Å². The molecule has 0 aliphatic heterocycles. The molecular weight excluding hydrogens is 301 g/mol. The largest absolute Gasteiger partial charge is 0.319 e. The molecule has 0 radical (unpaired) electrons. The average molecular weight is 321 g/mol. The monoisotopic (exact) mass is 321 g/mol. The number of anilines is 1. The predicted octanol–water partition coefficient (Wildman–Crippen LogP) is 3.18. The maximum Gasteiger partial charge on any atom is 0.243 e. The van der Waals surface area contributed by atoms with E-state index in [1.54, 1.807) is 24.4 Å². The highest BCUT2D eigenvalue weighted by molar-refractivity contribution is 7.15. The highest BCUT2D eigenvalue weighted by Gasteiger charge is 2.27. The molecule has 0 saturated heterocycles. The van der Waals surface area contributed by atoms with Crippen molar-refractivity contribution in [3.8, 4) is 0 Å². The number of hydrogen-bond acceptors (Lipinski definition) is 4. The van der Waals surface area contributed by atoms with E-state index in [0.29, 0.717) is 17.1 Å². The fraction of sp³-hybridized carbons (Fsp3) is 0.375. The molecule has 2 rings (SSSR count). The Morgan fingerprint density at radius 2 is 2.09 bits per heavy atom. The second kappa shape index (κ2) is 6.54. The van der Waals surface area contributed by atoms with Gasteiger partial charge in [0.2, 0.25) is 5.91 Å². The number of carbonyl (C=O) groups excluding carboxylic acids is 1. The van der Waals surface area contributed by atoms with Crippen LogP contribution in [-0.2, 0) is 11.2 Å². The Kier molecular flexibility index (Phi) is 4.93. The first-order valence-corrected chi connectivity index (χ1v) is 7.83. The Labute approximate surface area is 133 Å². The molecular formula is C16H20FN3OS. The number of halogens is 1. The van der Waals surface area contributed by atoms with Gasteiger partial charge in [-0.05, 0) is 17.0 Å². The number of nitrogens with two attached hydrogens (primary N) is 1. The number of hydrogen-bond donors (Lipinski definition) is 2. The summed E-state index contributed by atoms with van der Waals surface area (Å²) >= 11 is 1.33. The first-order chi connectivity index (χ1) is 10.3. The Morgan fingerprint density at radius 1 is 1.41 bits per heavy atom. The molecule has 0 bridgehead atoms. The predicted molar refractivity (Wildman–Crippen MR) is 87.4 cm³/mol. The summed E-state index contributed by atoms with van der Waals surface area (Å²) in [6, 6.07) is 6.01. The second-order valence-electron chi connectivity index (χ2n) is 6.23. The Balaban J connectivity index is 2.03. The van der Waals surface area contributed by atoms with Crippen molar-refractivity contribution in [1.29, 1.82) is 0 Å². The van der Waals surface area contributed by atoms with Crippen molar-refractivity contribution in [2.45, 2.75) is 33.2 Å². The Bertz CT molecular complexity index is 663. The van der Waals surface area contributed by atoms with Crippen LogP contribution in [0.2, 0.25) is 0 Å². The van der Waals surface area contributed by atoms with Gasteiger partial charge in [0.25, 0.3) is 0 Å². The van der Waals surface area contributed by atoms with Gasteiger partial charge in [-0.2, -0.15) is 0 Å². The molecule has 4 nitrogen and oxygen atoms in total. The van der Waals surface area contributed by atoms with E-state index < -0.39 is 6.04 Å². The summed E-state index contributed by atoms with van der Waals surface area (Å²) in [4.78, 5) is 17.1. The molecule has 1 aromatic carbocycles. The number of nitrogens with zero attached hydrogens (tertiary/aromatic N) is 1. The van der Waals surface area contributed by atoms with Crippen LogP contribution >= 0.6 is 11.3 Å². The lowest BCUT2D eigenvalue weighted by atomic mass is 9.87. The molecule has 6 heteroatoms. The van der Waals surface area contributed by atoms with Crippen molar-refractivity contribution in [3.63, 3.8) is 0 Å².